The van der Waals surface area contributed by atoms with Gasteiger partial charge in [-0.2, -0.15) is 0 Å². The monoisotopic (exact) mass is 230 g/mol. The Hall–Kier alpha value is -0.860. The Morgan fingerprint density at radius 1 is 1.06 bits per heavy atom. The molecule has 0 radical (unpaired) electrons. The van der Waals surface area contributed by atoms with E-state index in [9.17, 15) is 0 Å². The Balaban J connectivity index is 1.83. The molecule has 1 aromatic rings. The number of aryl methyl sites for hydroxylation is 1. The van der Waals surface area contributed by atoms with Gasteiger partial charge in [0, 0.05) is 18.5 Å². The van der Waals surface area contributed by atoms with Gasteiger partial charge in [0.25, 0.3) is 0 Å². The molecule has 1 fully saturated rings. The first-order chi connectivity index (χ1) is 8.45. The van der Waals surface area contributed by atoms with Crippen molar-refractivity contribution < 1.29 is 0 Å². The molecule has 2 aliphatic rings. The molecule has 2 atom stereocenters. The number of hydrogen-bond donors (Lipinski definition) is 2. The fourth-order valence-corrected chi connectivity index (χ4v) is 3.32. The quantitative estimate of drug-likeness (QED) is 0.771. The second-order valence-electron chi connectivity index (χ2n) is 5.32. The van der Waals surface area contributed by atoms with E-state index in [4.69, 9.17) is 0 Å². The third-order valence-corrected chi connectivity index (χ3v) is 4.20. The van der Waals surface area contributed by atoms with Gasteiger partial charge in [-0.25, -0.2) is 0 Å². The summed E-state index contributed by atoms with van der Waals surface area (Å²) >= 11 is 0. The van der Waals surface area contributed by atoms with Crippen LogP contribution in [0, 0.1) is 0 Å². The highest BCUT2D eigenvalue weighted by Crippen LogP contribution is 2.33. The molecule has 0 aromatic heterocycles. The average molecular weight is 230 g/mol. The Labute approximate surface area is 104 Å². The molecule has 1 heterocycles. The van der Waals surface area contributed by atoms with E-state index in [1.807, 2.05) is 0 Å². The van der Waals surface area contributed by atoms with Gasteiger partial charge in [-0.15, -0.1) is 0 Å². The minimum absolute atomic E-state index is 0.624. The van der Waals surface area contributed by atoms with Crippen molar-refractivity contribution in [2.45, 2.75) is 37.6 Å². The van der Waals surface area contributed by atoms with E-state index < -0.39 is 0 Å². The van der Waals surface area contributed by atoms with Crippen LogP contribution in [0.25, 0.3) is 0 Å². The molecular formula is C15H22N2. The minimum atomic E-state index is 0.624. The van der Waals surface area contributed by atoms with Crippen molar-refractivity contribution >= 4 is 0 Å². The zero-order valence-corrected chi connectivity index (χ0v) is 10.4. The molecule has 1 aromatic carbocycles. The molecule has 1 aliphatic heterocycles. The SMILES string of the molecule is c1ccc2c(c1)CCCC2C1CNCCCN1. The van der Waals surface area contributed by atoms with Gasteiger partial charge in [0.05, 0.1) is 0 Å². The summed E-state index contributed by atoms with van der Waals surface area (Å²) < 4.78 is 0. The Kier molecular flexibility index (Phi) is 3.44. The molecule has 2 N–H and O–H groups in total. The third-order valence-electron chi connectivity index (χ3n) is 4.20. The van der Waals surface area contributed by atoms with Crippen LogP contribution in [0.1, 0.15) is 36.3 Å². The van der Waals surface area contributed by atoms with Gasteiger partial charge in [0.15, 0.2) is 0 Å². The smallest absolute Gasteiger partial charge is 0.0261 e. The van der Waals surface area contributed by atoms with E-state index in [1.54, 1.807) is 11.1 Å². The van der Waals surface area contributed by atoms with Crippen LogP contribution in [0.4, 0.5) is 0 Å². The molecule has 1 saturated heterocycles. The minimum Gasteiger partial charge on any atom is -0.315 e. The van der Waals surface area contributed by atoms with E-state index in [2.05, 4.69) is 34.9 Å². The fourth-order valence-electron chi connectivity index (χ4n) is 3.32. The van der Waals surface area contributed by atoms with E-state index in [0.29, 0.717) is 12.0 Å². The fraction of sp³-hybridized carbons (Fsp3) is 0.600. The lowest BCUT2D eigenvalue weighted by molar-refractivity contribution is 0.399. The molecule has 0 spiro atoms. The topological polar surface area (TPSA) is 24.1 Å². The summed E-state index contributed by atoms with van der Waals surface area (Å²) in [6.07, 6.45) is 5.22. The van der Waals surface area contributed by atoms with Crippen molar-refractivity contribution in [3.8, 4) is 0 Å². The Morgan fingerprint density at radius 2 is 2.00 bits per heavy atom. The first-order valence-electron chi connectivity index (χ1n) is 6.97. The average Bonchev–Trinajstić information content (AvgIpc) is 2.67. The van der Waals surface area contributed by atoms with Crippen molar-refractivity contribution in [3.05, 3.63) is 35.4 Å². The van der Waals surface area contributed by atoms with Crippen molar-refractivity contribution in [1.82, 2.24) is 10.6 Å². The summed E-state index contributed by atoms with van der Waals surface area (Å²) in [7, 11) is 0. The van der Waals surface area contributed by atoms with Crippen LogP contribution in [0.5, 0.6) is 0 Å². The molecule has 3 rings (SSSR count). The molecule has 2 heteroatoms. The normalized spacial score (nSPS) is 29.4. The molecule has 2 unspecified atom stereocenters. The van der Waals surface area contributed by atoms with E-state index in [-0.39, 0.29) is 0 Å². The van der Waals surface area contributed by atoms with Gasteiger partial charge < -0.3 is 10.6 Å². The maximum Gasteiger partial charge on any atom is 0.0261 e. The third kappa shape index (κ3) is 2.38. The predicted octanol–water partition coefficient (Wildman–Crippen LogP) is 2.06. The first-order valence-corrected chi connectivity index (χ1v) is 6.97. The van der Waals surface area contributed by atoms with Gasteiger partial charge in [-0.3, -0.25) is 0 Å². The number of benzene rings is 1. The molecule has 0 bridgehead atoms. The van der Waals surface area contributed by atoms with Crippen LogP contribution in [0.2, 0.25) is 0 Å². The van der Waals surface area contributed by atoms with Gasteiger partial charge in [-0.1, -0.05) is 24.3 Å². The van der Waals surface area contributed by atoms with Crippen LogP contribution in [-0.2, 0) is 6.42 Å². The molecule has 0 saturated carbocycles. The standard InChI is InChI=1S/C15H22N2/c1-2-7-13-12(5-1)6-3-8-14(13)15-11-16-9-4-10-17-15/h1-2,5,7,14-17H,3-4,6,8-11H2. The predicted molar refractivity (Wildman–Crippen MR) is 71.4 cm³/mol. The largest absolute Gasteiger partial charge is 0.315 e. The van der Waals surface area contributed by atoms with E-state index in [1.165, 1.54) is 25.7 Å². The lowest BCUT2D eigenvalue weighted by atomic mass is 9.78. The first kappa shape index (κ1) is 11.2. The van der Waals surface area contributed by atoms with Crippen LogP contribution < -0.4 is 10.6 Å². The maximum atomic E-state index is 3.73. The Bertz CT molecular complexity index is 367. The van der Waals surface area contributed by atoms with Crippen LogP contribution >= 0.6 is 0 Å². The number of hydrogen-bond acceptors (Lipinski definition) is 2. The molecule has 92 valence electrons. The second-order valence-corrected chi connectivity index (χ2v) is 5.32. The lowest BCUT2D eigenvalue weighted by Gasteiger charge is -2.32. The van der Waals surface area contributed by atoms with Crippen molar-refractivity contribution in [1.29, 1.82) is 0 Å². The zero-order chi connectivity index (χ0) is 11.5. The van der Waals surface area contributed by atoms with Gasteiger partial charge >= 0.3 is 0 Å². The molecule has 1 aliphatic carbocycles. The number of nitrogens with one attached hydrogen (secondary N) is 2. The molecule has 17 heavy (non-hydrogen) atoms. The van der Waals surface area contributed by atoms with Crippen LogP contribution in [-0.4, -0.2) is 25.7 Å². The van der Waals surface area contributed by atoms with Crippen molar-refractivity contribution in [2.24, 2.45) is 0 Å². The van der Waals surface area contributed by atoms with Gasteiger partial charge in [0.1, 0.15) is 0 Å². The Morgan fingerprint density at radius 3 is 3.00 bits per heavy atom. The number of fused-ring (bicyclic) bond motifs is 1. The molecule has 2 nitrogen and oxygen atoms in total. The maximum absolute atomic E-state index is 3.73. The van der Waals surface area contributed by atoms with Crippen molar-refractivity contribution in [2.75, 3.05) is 19.6 Å². The molecular weight excluding hydrogens is 208 g/mol. The summed E-state index contributed by atoms with van der Waals surface area (Å²) in [5, 5.41) is 7.29. The zero-order valence-electron chi connectivity index (χ0n) is 10.4. The van der Waals surface area contributed by atoms with Gasteiger partial charge in [0.2, 0.25) is 0 Å². The summed E-state index contributed by atoms with van der Waals surface area (Å²) in [6, 6.07) is 9.65. The highest BCUT2D eigenvalue weighted by molar-refractivity contribution is 5.33. The summed E-state index contributed by atoms with van der Waals surface area (Å²) in [6.45, 7) is 3.45. The highest BCUT2D eigenvalue weighted by atomic mass is 15.0. The molecule has 0 amide bonds. The second kappa shape index (κ2) is 5.19. The van der Waals surface area contributed by atoms with Crippen LogP contribution in [0.15, 0.2) is 24.3 Å². The van der Waals surface area contributed by atoms with Crippen LogP contribution in [0.3, 0.4) is 0 Å². The summed E-state index contributed by atoms with van der Waals surface area (Å²) in [5.41, 5.74) is 3.18. The van der Waals surface area contributed by atoms with Gasteiger partial charge in [-0.05, 0) is 49.9 Å². The van der Waals surface area contributed by atoms with E-state index in [0.717, 1.165) is 19.6 Å². The van der Waals surface area contributed by atoms with Crippen molar-refractivity contribution in [3.63, 3.8) is 0 Å². The summed E-state index contributed by atoms with van der Waals surface area (Å²) in [5.74, 6) is 0.713. The highest BCUT2D eigenvalue weighted by Gasteiger charge is 2.27. The summed E-state index contributed by atoms with van der Waals surface area (Å²) in [4.78, 5) is 0. The van der Waals surface area contributed by atoms with E-state index >= 15 is 0 Å². The number of rotatable bonds is 1. The lowest BCUT2D eigenvalue weighted by Crippen LogP contribution is -2.41.